The van der Waals surface area contributed by atoms with Crippen molar-refractivity contribution in [2.75, 3.05) is 31.6 Å². The van der Waals surface area contributed by atoms with Gasteiger partial charge in [0.15, 0.2) is 5.96 Å². The number of aliphatic imine (C=N–C) groups is 1. The van der Waals surface area contributed by atoms with Crippen molar-refractivity contribution < 1.29 is 4.74 Å². The molecule has 31 heavy (non-hydrogen) atoms. The predicted molar refractivity (Wildman–Crippen MR) is 129 cm³/mol. The van der Waals surface area contributed by atoms with Crippen LogP contribution < -0.4 is 20.7 Å². The monoisotopic (exact) mass is 453 g/mol. The van der Waals surface area contributed by atoms with Crippen LogP contribution in [0.4, 0.5) is 11.4 Å². The molecule has 4 N–H and O–H groups in total. The third-order valence-electron chi connectivity index (χ3n) is 5.09. The van der Waals surface area contributed by atoms with Crippen molar-refractivity contribution in [1.82, 2.24) is 15.6 Å². The number of halogens is 2. The molecule has 1 aromatic heterocycles. The quantitative estimate of drug-likeness (QED) is 0.299. The van der Waals surface area contributed by atoms with Gasteiger partial charge in [0.25, 0.3) is 0 Å². The highest BCUT2D eigenvalue weighted by Gasteiger charge is 2.13. The van der Waals surface area contributed by atoms with Crippen molar-refractivity contribution in [1.29, 1.82) is 0 Å². The van der Waals surface area contributed by atoms with Crippen LogP contribution in [0.25, 0.3) is 21.8 Å². The second-order valence-corrected chi connectivity index (χ2v) is 8.15. The summed E-state index contributed by atoms with van der Waals surface area (Å²) in [5.74, 6) is 1.59. The minimum atomic E-state index is 0.496. The molecule has 158 valence electrons. The molecule has 0 aliphatic carbocycles. The number of benzene rings is 3. The molecule has 1 aliphatic rings. The average Bonchev–Trinajstić information content (AvgIpc) is 3.41. The fourth-order valence-corrected chi connectivity index (χ4v) is 3.97. The molecule has 5 rings (SSSR count). The van der Waals surface area contributed by atoms with E-state index in [1.54, 1.807) is 0 Å². The van der Waals surface area contributed by atoms with E-state index in [1.807, 2.05) is 48.5 Å². The van der Waals surface area contributed by atoms with Gasteiger partial charge in [0, 0.05) is 50.3 Å². The molecule has 0 fully saturated rings. The molecule has 0 saturated heterocycles. The number of hydrogen-bond donors (Lipinski definition) is 4. The maximum absolute atomic E-state index is 6.27. The lowest BCUT2D eigenvalue weighted by molar-refractivity contribution is 0.325. The van der Waals surface area contributed by atoms with Gasteiger partial charge >= 0.3 is 0 Å². The lowest BCUT2D eigenvalue weighted by Crippen LogP contribution is -2.36. The lowest BCUT2D eigenvalue weighted by atomic mass is 10.1. The molecule has 0 radical (unpaired) electrons. The molecular weight excluding hydrogens is 433 g/mol. The number of H-pyrrole nitrogens is 1. The topological polar surface area (TPSA) is 73.5 Å². The molecule has 2 heterocycles. The van der Waals surface area contributed by atoms with Crippen LogP contribution in [0.3, 0.4) is 0 Å². The molecule has 0 spiro atoms. The van der Waals surface area contributed by atoms with E-state index in [-0.39, 0.29) is 0 Å². The first-order valence-electron chi connectivity index (χ1n) is 10.1. The van der Waals surface area contributed by atoms with Crippen LogP contribution in [0.5, 0.6) is 5.75 Å². The third-order valence-corrected chi connectivity index (χ3v) is 5.58. The van der Waals surface area contributed by atoms with Crippen LogP contribution in [0.1, 0.15) is 0 Å². The number of nitrogens with zero attached hydrogens (tertiary/aromatic N) is 1. The molecule has 1 aliphatic heterocycles. The number of guanidine groups is 1. The lowest BCUT2D eigenvalue weighted by Gasteiger charge is -2.13. The minimum absolute atomic E-state index is 0.496. The molecule has 0 unspecified atom stereocenters. The van der Waals surface area contributed by atoms with Crippen molar-refractivity contribution in [3.63, 3.8) is 0 Å². The van der Waals surface area contributed by atoms with E-state index in [2.05, 4.69) is 32.0 Å². The Kier molecular flexibility index (Phi) is 5.49. The number of aromatic amines is 1. The highest BCUT2D eigenvalue weighted by molar-refractivity contribution is 6.32. The van der Waals surface area contributed by atoms with Crippen LogP contribution >= 0.6 is 23.2 Å². The number of aromatic nitrogens is 1. The van der Waals surface area contributed by atoms with Crippen LogP contribution in [-0.2, 0) is 0 Å². The summed E-state index contributed by atoms with van der Waals surface area (Å²) in [6.07, 6.45) is 0. The van der Waals surface area contributed by atoms with E-state index >= 15 is 0 Å². The molecule has 4 aromatic rings. The van der Waals surface area contributed by atoms with Crippen molar-refractivity contribution in [3.8, 4) is 5.75 Å². The second kappa shape index (κ2) is 8.57. The summed E-state index contributed by atoms with van der Waals surface area (Å²) < 4.78 is 6.17. The number of ether oxygens (including phenoxy) is 1. The van der Waals surface area contributed by atoms with Gasteiger partial charge in [-0.2, -0.15) is 0 Å². The average molecular weight is 454 g/mol. The fraction of sp³-hybridized carbons (Fsp3) is 0.174. The summed E-state index contributed by atoms with van der Waals surface area (Å²) >= 11 is 12.3. The molecule has 0 bridgehead atoms. The molecule has 0 saturated carbocycles. The summed E-state index contributed by atoms with van der Waals surface area (Å²) in [5.41, 5.74) is 3.81. The predicted octanol–water partition coefficient (Wildman–Crippen LogP) is 5.30. The standard InChI is InChI=1S/C23H21Cl2N5O/c24-14-1-4-16(5-2-14)29-17-12-19-18-11-15(25)3-6-20(18)30-22(19)21(13-17)31-10-9-28-23-26-7-8-27-23/h1-6,11-13,29-30H,7-10H2,(H2,26,27,28). The van der Waals surface area contributed by atoms with Crippen LogP contribution in [0, 0.1) is 0 Å². The summed E-state index contributed by atoms with van der Waals surface area (Å²) in [4.78, 5) is 7.80. The molecule has 6 nitrogen and oxygen atoms in total. The van der Waals surface area contributed by atoms with Crippen LogP contribution in [0.15, 0.2) is 59.6 Å². The Bertz CT molecular complexity index is 1270. The van der Waals surface area contributed by atoms with Crippen molar-refractivity contribution in [2.24, 2.45) is 4.99 Å². The Morgan fingerprint density at radius 2 is 1.77 bits per heavy atom. The van der Waals surface area contributed by atoms with Gasteiger partial charge in [-0.15, -0.1) is 0 Å². The molecular formula is C23H21Cl2N5O. The molecule has 0 atom stereocenters. The van der Waals surface area contributed by atoms with Crippen molar-refractivity contribution >= 4 is 62.3 Å². The summed E-state index contributed by atoms with van der Waals surface area (Å²) in [7, 11) is 0. The van der Waals surface area contributed by atoms with Crippen LogP contribution in [-0.4, -0.2) is 37.2 Å². The van der Waals surface area contributed by atoms with E-state index in [0.29, 0.717) is 23.2 Å². The van der Waals surface area contributed by atoms with Gasteiger partial charge in [0.1, 0.15) is 12.4 Å². The number of nitrogens with one attached hydrogen (secondary N) is 4. The van der Waals surface area contributed by atoms with E-state index < -0.39 is 0 Å². The van der Waals surface area contributed by atoms with E-state index in [9.17, 15) is 0 Å². The summed E-state index contributed by atoms with van der Waals surface area (Å²) in [6, 6.07) is 17.5. The smallest absolute Gasteiger partial charge is 0.191 e. The number of fused-ring (bicyclic) bond motifs is 3. The van der Waals surface area contributed by atoms with Crippen LogP contribution in [0.2, 0.25) is 10.0 Å². The normalized spacial score (nSPS) is 13.3. The first-order valence-corrected chi connectivity index (χ1v) is 10.8. The zero-order valence-electron chi connectivity index (χ0n) is 16.6. The number of rotatable bonds is 6. The zero-order chi connectivity index (χ0) is 21.2. The van der Waals surface area contributed by atoms with Gasteiger partial charge < -0.3 is 25.7 Å². The van der Waals surface area contributed by atoms with Gasteiger partial charge in [-0.1, -0.05) is 23.2 Å². The van der Waals surface area contributed by atoms with E-state index in [4.69, 9.17) is 27.9 Å². The first-order chi connectivity index (χ1) is 15.2. The van der Waals surface area contributed by atoms with E-state index in [0.717, 1.165) is 58.0 Å². The van der Waals surface area contributed by atoms with Crippen molar-refractivity contribution in [3.05, 3.63) is 64.6 Å². The molecule has 8 heteroatoms. The minimum Gasteiger partial charge on any atom is -0.489 e. The fourth-order valence-electron chi connectivity index (χ4n) is 3.67. The Balaban J connectivity index is 1.46. The second-order valence-electron chi connectivity index (χ2n) is 7.28. The Labute approximate surface area is 189 Å². The highest BCUT2D eigenvalue weighted by atomic mass is 35.5. The molecule has 0 amide bonds. The van der Waals surface area contributed by atoms with Gasteiger partial charge in [-0.3, -0.25) is 4.99 Å². The summed E-state index contributed by atoms with van der Waals surface area (Å²) in [6.45, 7) is 2.82. The maximum Gasteiger partial charge on any atom is 0.191 e. The first kappa shape index (κ1) is 19.8. The molecule has 3 aromatic carbocycles. The Morgan fingerprint density at radius 1 is 0.935 bits per heavy atom. The van der Waals surface area contributed by atoms with Gasteiger partial charge in [0.05, 0.1) is 18.6 Å². The van der Waals surface area contributed by atoms with Crippen molar-refractivity contribution in [2.45, 2.75) is 0 Å². The number of hydrogen-bond acceptors (Lipinski definition) is 5. The largest absolute Gasteiger partial charge is 0.489 e. The maximum atomic E-state index is 6.27. The van der Waals surface area contributed by atoms with Gasteiger partial charge in [0.2, 0.25) is 0 Å². The summed E-state index contributed by atoms with van der Waals surface area (Å²) in [5, 5.41) is 13.4. The van der Waals surface area contributed by atoms with Gasteiger partial charge in [-0.25, -0.2) is 0 Å². The number of anilines is 2. The zero-order valence-corrected chi connectivity index (χ0v) is 18.1. The SMILES string of the molecule is Clc1ccc(Nc2cc(OCCNC3=NCCN3)c3[nH]c4ccc(Cl)cc4c3c2)cc1. The Morgan fingerprint density at radius 3 is 2.58 bits per heavy atom. The highest BCUT2D eigenvalue weighted by Crippen LogP contribution is 2.37. The Hall–Kier alpha value is -3.09. The third kappa shape index (κ3) is 4.36. The van der Waals surface area contributed by atoms with Gasteiger partial charge in [-0.05, 0) is 48.5 Å². The van der Waals surface area contributed by atoms with E-state index in [1.165, 1.54) is 0 Å².